The number of anilines is 1. The van der Waals surface area contributed by atoms with E-state index in [1.54, 1.807) is 18.2 Å². The number of benzene rings is 2. The number of halogens is 7. The maximum Gasteiger partial charge on any atom is 0.523 e. The van der Waals surface area contributed by atoms with Gasteiger partial charge in [0.05, 0.1) is 22.7 Å². The molecule has 1 saturated carbocycles. The molecular formula is C32H33F7N4O3. The smallest absolute Gasteiger partial charge is 0.484 e. The van der Waals surface area contributed by atoms with Gasteiger partial charge in [-0.1, -0.05) is 26.8 Å². The molecular weight excluding hydrogens is 621 g/mol. The van der Waals surface area contributed by atoms with Crippen molar-refractivity contribution in [3.8, 4) is 5.75 Å². The number of hydrogen-bond donors (Lipinski definition) is 1. The standard InChI is InChI=1S/C32H33F7N4O3/c1-18-12-21(16-30(2,3)15-18)43-27-11-9-23(45-17-28(44)40-20-6-10-24(25(33)13-20)31(34,35)36)14-26(27)42-29(43)41-19-4-7-22(8-5-19)46-32(37,38)39/h4,6-7,9-11,13-14,18,21-22H,5,8,12,15-17H2,1-3H3,(H,40,44). The normalized spacial score (nSPS) is 22.7. The van der Waals surface area contributed by atoms with Crippen molar-refractivity contribution in [3.63, 3.8) is 0 Å². The lowest BCUT2D eigenvalue weighted by atomic mass is 9.70. The molecule has 3 atom stereocenters. The fourth-order valence-electron chi connectivity index (χ4n) is 6.44. The molecule has 1 N–H and O–H groups in total. The first-order valence-electron chi connectivity index (χ1n) is 14.8. The van der Waals surface area contributed by atoms with Crippen LogP contribution in [0.2, 0.25) is 0 Å². The molecule has 1 amide bonds. The molecule has 3 unspecified atom stereocenters. The molecule has 0 saturated heterocycles. The molecule has 2 aromatic carbocycles. The van der Waals surface area contributed by atoms with Crippen LogP contribution in [0.15, 0.2) is 53.5 Å². The minimum atomic E-state index is -4.86. The summed E-state index contributed by atoms with van der Waals surface area (Å²) in [5.41, 5.74) is 0.317. The lowest BCUT2D eigenvalue weighted by Gasteiger charge is -2.40. The van der Waals surface area contributed by atoms with Gasteiger partial charge in [0, 0.05) is 23.5 Å². The zero-order valence-electron chi connectivity index (χ0n) is 25.3. The number of fused-ring (bicyclic) bond motifs is 1. The van der Waals surface area contributed by atoms with Crippen molar-refractivity contribution < 1.29 is 45.0 Å². The Bertz CT molecular complexity index is 1660. The molecule has 2 aliphatic carbocycles. The number of nitrogens with zero attached hydrogens (tertiary/aromatic N) is 3. The third-order valence-electron chi connectivity index (χ3n) is 8.02. The van der Waals surface area contributed by atoms with Crippen LogP contribution in [0.3, 0.4) is 0 Å². The number of aromatic nitrogens is 2. The average Bonchev–Trinajstić information content (AvgIpc) is 3.27. The lowest BCUT2D eigenvalue weighted by molar-refractivity contribution is -0.336. The number of hydrogen-bond acceptors (Lipinski definition) is 5. The SMILES string of the molecule is CC1CC(n2c(N=C3C=CC(OC(F)(F)F)CC3)nc3cc(OCC(=O)Nc4ccc(C(F)(F)F)c(F)c4)ccc32)CC(C)(C)C1. The zero-order valence-corrected chi connectivity index (χ0v) is 25.3. The van der Waals surface area contributed by atoms with Gasteiger partial charge in [0.15, 0.2) is 6.61 Å². The van der Waals surface area contributed by atoms with Crippen LogP contribution in [0.5, 0.6) is 5.75 Å². The van der Waals surface area contributed by atoms with Crippen LogP contribution >= 0.6 is 0 Å². The molecule has 0 aliphatic heterocycles. The van der Waals surface area contributed by atoms with Gasteiger partial charge in [-0.2, -0.15) is 13.2 Å². The molecule has 14 heteroatoms. The van der Waals surface area contributed by atoms with E-state index in [2.05, 4.69) is 35.4 Å². The third-order valence-corrected chi connectivity index (χ3v) is 8.02. The Labute approximate surface area is 260 Å². The Hall–Kier alpha value is -3.94. The van der Waals surface area contributed by atoms with Gasteiger partial charge in [0.1, 0.15) is 11.6 Å². The van der Waals surface area contributed by atoms with E-state index in [0.29, 0.717) is 35.2 Å². The van der Waals surface area contributed by atoms with Crippen molar-refractivity contribution in [3.05, 3.63) is 59.9 Å². The van der Waals surface area contributed by atoms with Crippen LogP contribution in [-0.2, 0) is 15.7 Å². The predicted octanol–water partition coefficient (Wildman–Crippen LogP) is 8.93. The maximum atomic E-state index is 13.9. The Morgan fingerprint density at radius 3 is 2.50 bits per heavy atom. The summed E-state index contributed by atoms with van der Waals surface area (Å²) in [4.78, 5) is 21.9. The van der Waals surface area contributed by atoms with Crippen molar-refractivity contribution in [1.29, 1.82) is 0 Å². The van der Waals surface area contributed by atoms with Crippen molar-refractivity contribution in [2.24, 2.45) is 16.3 Å². The number of alkyl halides is 6. The summed E-state index contributed by atoms with van der Waals surface area (Å²) in [6.07, 6.45) is -4.65. The summed E-state index contributed by atoms with van der Waals surface area (Å²) in [5.74, 6) is -1.11. The molecule has 5 rings (SSSR count). The van der Waals surface area contributed by atoms with E-state index in [9.17, 15) is 35.5 Å². The number of imidazole rings is 1. The van der Waals surface area contributed by atoms with Gasteiger partial charge in [0.2, 0.25) is 5.95 Å². The van der Waals surface area contributed by atoms with E-state index >= 15 is 0 Å². The molecule has 248 valence electrons. The monoisotopic (exact) mass is 654 g/mol. The van der Waals surface area contributed by atoms with Crippen molar-refractivity contribution in [1.82, 2.24) is 9.55 Å². The Kier molecular flexibility index (Phi) is 9.22. The van der Waals surface area contributed by atoms with Gasteiger partial charge in [-0.25, -0.2) is 14.4 Å². The first kappa shape index (κ1) is 33.4. The van der Waals surface area contributed by atoms with Gasteiger partial charge < -0.3 is 14.6 Å². The summed E-state index contributed by atoms with van der Waals surface area (Å²) in [6, 6.07) is 7.20. The van der Waals surface area contributed by atoms with Gasteiger partial charge in [-0.15, -0.1) is 13.2 Å². The summed E-state index contributed by atoms with van der Waals surface area (Å²) >= 11 is 0. The highest BCUT2D eigenvalue weighted by molar-refractivity contribution is 5.97. The number of aliphatic imine (C=N–C) groups is 1. The second-order valence-corrected chi connectivity index (χ2v) is 12.6. The van der Waals surface area contributed by atoms with E-state index in [1.165, 1.54) is 12.2 Å². The highest BCUT2D eigenvalue weighted by Gasteiger charge is 2.36. The second-order valence-electron chi connectivity index (χ2n) is 12.6. The first-order valence-corrected chi connectivity index (χ1v) is 14.8. The maximum absolute atomic E-state index is 13.9. The minimum Gasteiger partial charge on any atom is -0.484 e. The number of carbonyl (C=O) groups excluding carboxylic acids is 1. The molecule has 0 radical (unpaired) electrons. The Balaban J connectivity index is 1.37. The quantitative estimate of drug-likeness (QED) is 0.258. The molecule has 2 aliphatic rings. The number of nitrogens with one attached hydrogen (secondary N) is 1. The number of ether oxygens (including phenoxy) is 2. The molecule has 1 heterocycles. The van der Waals surface area contributed by atoms with Crippen molar-refractivity contribution >= 4 is 34.3 Å². The molecule has 1 aromatic heterocycles. The van der Waals surface area contributed by atoms with Gasteiger partial charge in [0.25, 0.3) is 5.91 Å². The van der Waals surface area contributed by atoms with Crippen LogP contribution in [0.1, 0.15) is 64.5 Å². The number of rotatable bonds is 7. The summed E-state index contributed by atoms with van der Waals surface area (Å²) in [5, 5.41) is 2.31. The van der Waals surface area contributed by atoms with Crippen LogP contribution in [-0.4, -0.2) is 40.2 Å². The van der Waals surface area contributed by atoms with E-state index in [0.717, 1.165) is 30.8 Å². The van der Waals surface area contributed by atoms with Gasteiger partial charge >= 0.3 is 12.5 Å². The van der Waals surface area contributed by atoms with Crippen LogP contribution in [0, 0.1) is 17.2 Å². The molecule has 7 nitrogen and oxygen atoms in total. The largest absolute Gasteiger partial charge is 0.523 e. The van der Waals surface area contributed by atoms with Gasteiger partial charge in [-0.05, 0) is 79.8 Å². The number of amides is 1. The topological polar surface area (TPSA) is 77.7 Å². The molecule has 1 fully saturated rings. The number of allylic oxidation sites excluding steroid dienone is 1. The minimum absolute atomic E-state index is 0.0543. The van der Waals surface area contributed by atoms with Crippen LogP contribution < -0.4 is 10.1 Å². The summed E-state index contributed by atoms with van der Waals surface area (Å²) < 4.78 is 102. The first-order chi connectivity index (χ1) is 21.5. The Morgan fingerprint density at radius 1 is 1.11 bits per heavy atom. The van der Waals surface area contributed by atoms with E-state index in [4.69, 9.17) is 14.7 Å². The lowest BCUT2D eigenvalue weighted by Crippen LogP contribution is -2.29. The van der Waals surface area contributed by atoms with Crippen LogP contribution in [0.25, 0.3) is 11.0 Å². The van der Waals surface area contributed by atoms with Crippen molar-refractivity contribution in [2.75, 3.05) is 11.9 Å². The highest BCUT2D eigenvalue weighted by Crippen LogP contribution is 2.46. The Morgan fingerprint density at radius 2 is 1.87 bits per heavy atom. The third kappa shape index (κ3) is 8.25. The summed E-state index contributed by atoms with van der Waals surface area (Å²) in [6.45, 7) is 6.10. The van der Waals surface area contributed by atoms with Gasteiger partial charge in [-0.3, -0.25) is 9.53 Å². The number of carbonyl (C=O) groups is 1. The molecule has 0 spiro atoms. The molecule has 3 aromatic rings. The van der Waals surface area contributed by atoms with E-state index in [1.807, 2.05) is 0 Å². The van der Waals surface area contributed by atoms with E-state index in [-0.39, 0.29) is 35.7 Å². The van der Waals surface area contributed by atoms with E-state index < -0.39 is 42.5 Å². The fraction of sp³-hybridized carbons (Fsp3) is 0.469. The second kappa shape index (κ2) is 12.7. The van der Waals surface area contributed by atoms with Crippen LogP contribution in [0.4, 0.5) is 42.4 Å². The molecule has 0 bridgehead atoms. The highest BCUT2D eigenvalue weighted by atomic mass is 19.4. The summed E-state index contributed by atoms with van der Waals surface area (Å²) in [7, 11) is 0. The fourth-order valence-corrected chi connectivity index (χ4v) is 6.44. The van der Waals surface area contributed by atoms with Crippen molar-refractivity contribution in [2.45, 2.75) is 77.6 Å². The zero-order chi connectivity index (χ0) is 33.4. The predicted molar refractivity (Wildman–Crippen MR) is 157 cm³/mol. The molecule has 46 heavy (non-hydrogen) atoms. The average molecular weight is 655 g/mol.